The number of thioether (sulfide) groups is 1. The number of aryl methyl sites for hydroxylation is 1. The fourth-order valence-corrected chi connectivity index (χ4v) is 2.90. The number of nitrogens with zero attached hydrogens (tertiary/aromatic N) is 4. The maximum Gasteiger partial charge on any atom is 0.229 e. The van der Waals surface area contributed by atoms with Gasteiger partial charge in [0, 0.05) is 11.9 Å². The first-order valence-corrected chi connectivity index (χ1v) is 8.05. The van der Waals surface area contributed by atoms with Crippen molar-refractivity contribution in [2.45, 2.75) is 24.3 Å². The highest BCUT2D eigenvalue weighted by Gasteiger charge is 2.18. The number of aromatic amines is 1. The Bertz CT molecular complexity index is 819. The van der Waals surface area contributed by atoms with Crippen molar-refractivity contribution in [2.24, 2.45) is 0 Å². The van der Waals surface area contributed by atoms with Crippen LogP contribution in [0, 0.1) is 6.92 Å². The SMILES string of the molecule is COc1ccc(Cl)cc1-c1nc(SC(C)c2nnc(C)o2)n[nH]1. The van der Waals surface area contributed by atoms with Gasteiger partial charge >= 0.3 is 0 Å². The van der Waals surface area contributed by atoms with Crippen LogP contribution in [0.4, 0.5) is 0 Å². The Hall–Kier alpha value is -2.06. The number of hydrogen-bond donors (Lipinski definition) is 1. The van der Waals surface area contributed by atoms with E-state index in [1.54, 1.807) is 32.2 Å². The summed E-state index contributed by atoms with van der Waals surface area (Å²) in [6.45, 7) is 3.71. The first kappa shape index (κ1) is 15.8. The third-order valence-corrected chi connectivity index (χ3v) is 4.24. The van der Waals surface area contributed by atoms with Gasteiger partial charge in [0.1, 0.15) is 5.75 Å². The molecule has 0 amide bonds. The molecule has 1 unspecified atom stereocenters. The van der Waals surface area contributed by atoms with E-state index < -0.39 is 0 Å². The van der Waals surface area contributed by atoms with Gasteiger partial charge in [0.15, 0.2) is 5.82 Å². The molecule has 7 nitrogen and oxygen atoms in total. The summed E-state index contributed by atoms with van der Waals surface area (Å²) in [4.78, 5) is 4.47. The number of ether oxygens (including phenoxy) is 1. The molecule has 0 aliphatic heterocycles. The van der Waals surface area contributed by atoms with Crippen molar-refractivity contribution in [1.29, 1.82) is 0 Å². The zero-order valence-corrected chi connectivity index (χ0v) is 14.3. The Kier molecular flexibility index (Phi) is 4.53. The third kappa shape index (κ3) is 3.48. The van der Waals surface area contributed by atoms with E-state index in [1.807, 2.05) is 6.92 Å². The molecule has 0 aliphatic rings. The number of nitrogens with one attached hydrogen (secondary N) is 1. The van der Waals surface area contributed by atoms with E-state index >= 15 is 0 Å². The van der Waals surface area contributed by atoms with Crippen LogP contribution in [0.2, 0.25) is 5.02 Å². The predicted molar refractivity (Wildman–Crippen MR) is 86.7 cm³/mol. The second kappa shape index (κ2) is 6.59. The number of halogens is 1. The van der Waals surface area contributed by atoms with Crippen molar-refractivity contribution < 1.29 is 9.15 Å². The fourth-order valence-electron chi connectivity index (χ4n) is 1.97. The first-order chi connectivity index (χ1) is 11.1. The quantitative estimate of drug-likeness (QED) is 0.701. The number of methoxy groups -OCH3 is 1. The van der Waals surface area contributed by atoms with Gasteiger partial charge in [0.2, 0.25) is 16.9 Å². The van der Waals surface area contributed by atoms with Crippen LogP contribution in [0.3, 0.4) is 0 Å². The van der Waals surface area contributed by atoms with Gasteiger partial charge in [0.25, 0.3) is 0 Å². The van der Waals surface area contributed by atoms with Gasteiger partial charge in [-0.2, -0.15) is 0 Å². The lowest BCUT2D eigenvalue weighted by atomic mass is 10.2. The highest BCUT2D eigenvalue weighted by atomic mass is 35.5. The molecule has 0 fully saturated rings. The smallest absolute Gasteiger partial charge is 0.229 e. The zero-order valence-electron chi connectivity index (χ0n) is 12.7. The van der Waals surface area contributed by atoms with Gasteiger partial charge in [-0.1, -0.05) is 23.4 Å². The molecule has 3 aromatic rings. The fraction of sp³-hybridized carbons (Fsp3) is 0.286. The van der Waals surface area contributed by atoms with Crippen LogP contribution in [0.25, 0.3) is 11.4 Å². The minimum absolute atomic E-state index is 0.0545. The zero-order chi connectivity index (χ0) is 16.4. The molecule has 2 heterocycles. The summed E-state index contributed by atoms with van der Waals surface area (Å²) >= 11 is 7.47. The lowest BCUT2D eigenvalue weighted by Gasteiger charge is -2.05. The summed E-state index contributed by atoms with van der Waals surface area (Å²) < 4.78 is 10.7. The first-order valence-electron chi connectivity index (χ1n) is 6.80. The van der Waals surface area contributed by atoms with E-state index in [4.69, 9.17) is 20.8 Å². The molecule has 23 heavy (non-hydrogen) atoms. The summed E-state index contributed by atoms with van der Waals surface area (Å²) in [5, 5.41) is 16.1. The molecule has 0 saturated carbocycles. The molecular weight excluding hydrogens is 338 g/mol. The van der Waals surface area contributed by atoms with Crippen molar-refractivity contribution in [3.63, 3.8) is 0 Å². The van der Waals surface area contributed by atoms with E-state index in [9.17, 15) is 0 Å². The molecule has 9 heteroatoms. The van der Waals surface area contributed by atoms with E-state index in [0.29, 0.717) is 33.5 Å². The van der Waals surface area contributed by atoms with Crippen LogP contribution in [-0.2, 0) is 0 Å². The topological polar surface area (TPSA) is 89.7 Å². The maximum absolute atomic E-state index is 6.05. The number of hydrogen-bond acceptors (Lipinski definition) is 7. The maximum atomic E-state index is 6.05. The summed E-state index contributed by atoms with van der Waals surface area (Å²) in [5.41, 5.74) is 0.751. The largest absolute Gasteiger partial charge is 0.496 e. The molecule has 0 bridgehead atoms. The monoisotopic (exact) mass is 351 g/mol. The molecule has 1 N–H and O–H groups in total. The molecule has 0 spiro atoms. The molecule has 0 saturated heterocycles. The van der Waals surface area contributed by atoms with Crippen molar-refractivity contribution in [3.05, 3.63) is 35.0 Å². The molecule has 1 aromatic carbocycles. The van der Waals surface area contributed by atoms with Gasteiger partial charge in [-0.25, -0.2) is 4.98 Å². The molecule has 3 rings (SSSR count). The second-order valence-corrected chi connectivity index (χ2v) is 6.47. The van der Waals surface area contributed by atoms with Gasteiger partial charge < -0.3 is 9.15 Å². The second-order valence-electron chi connectivity index (χ2n) is 4.73. The van der Waals surface area contributed by atoms with Crippen molar-refractivity contribution in [3.8, 4) is 17.1 Å². The highest BCUT2D eigenvalue weighted by Crippen LogP contribution is 2.35. The van der Waals surface area contributed by atoms with Crippen LogP contribution in [0.5, 0.6) is 5.75 Å². The number of aromatic nitrogens is 5. The summed E-state index contributed by atoms with van der Waals surface area (Å²) in [6, 6.07) is 5.33. The van der Waals surface area contributed by atoms with Gasteiger partial charge in [0.05, 0.1) is 17.9 Å². The minimum atomic E-state index is -0.0545. The summed E-state index contributed by atoms with van der Waals surface area (Å²) in [6.07, 6.45) is 0. The molecule has 120 valence electrons. The number of rotatable bonds is 5. The van der Waals surface area contributed by atoms with Crippen LogP contribution < -0.4 is 4.74 Å². The van der Waals surface area contributed by atoms with Gasteiger partial charge in [-0.15, -0.1) is 15.3 Å². The molecule has 1 atom stereocenters. The average Bonchev–Trinajstić information content (AvgIpc) is 3.16. The van der Waals surface area contributed by atoms with Crippen molar-refractivity contribution in [1.82, 2.24) is 25.4 Å². The standard InChI is InChI=1S/C14H14ClN5O2S/c1-7(13-19-17-8(2)22-13)23-14-16-12(18-20-14)10-6-9(15)4-5-11(10)21-3/h4-7H,1-3H3,(H,16,18,20). The van der Waals surface area contributed by atoms with Crippen LogP contribution in [0.15, 0.2) is 27.8 Å². The Balaban J connectivity index is 1.82. The Labute approximate surface area is 141 Å². The normalized spacial score (nSPS) is 12.3. The molecular formula is C14H14ClN5O2S. The Morgan fingerprint density at radius 3 is 2.87 bits per heavy atom. The Morgan fingerprint density at radius 1 is 1.35 bits per heavy atom. The van der Waals surface area contributed by atoms with Crippen LogP contribution in [0.1, 0.15) is 24.0 Å². The molecule has 2 aromatic heterocycles. The Morgan fingerprint density at radius 2 is 2.17 bits per heavy atom. The van der Waals surface area contributed by atoms with Gasteiger partial charge in [-0.3, -0.25) is 5.10 Å². The average molecular weight is 352 g/mol. The lowest BCUT2D eigenvalue weighted by Crippen LogP contribution is -1.90. The van der Waals surface area contributed by atoms with Crippen molar-refractivity contribution in [2.75, 3.05) is 7.11 Å². The van der Waals surface area contributed by atoms with Gasteiger partial charge in [-0.05, 0) is 25.1 Å². The van der Waals surface area contributed by atoms with E-state index in [0.717, 1.165) is 5.56 Å². The van der Waals surface area contributed by atoms with E-state index in [-0.39, 0.29) is 5.25 Å². The third-order valence-electron chi connectivity index (χ3n) is 3.05. The summed E-state index contributed by atoms with van der Waals surface area (Å²) in [5.74, 6) is 2.33. The summed E-state index contributed by atoms with van der Waals surface area (Å²) in [7, 11) is 1.60. The lowest BCUT2D eigenvalue weighted by molar-refractivity contribution is 0.416. The van der Waals surface area contributed by atoms with E-state index in [2.05, 4.69) is 25.4 Å². The van der Waals surface area contributed by atoms with E-state index in [1.165, 1.54) is 11.8 Å². The predicted octanol–water partition coefficient (Wildman–Crippen LogP) is 3.68. The minimum Gasteiger partial charge on any atom is -0.496 e. The van der Waals surface area contributed by atoms with Crippen LogP contribution >= 0.6 is 23.4 Å². The molecule has 0 radical (unpaired) electrons. The highest BCUT2D eigenvalue weighted by molar-refractivity contribution is 7.99. The van der Waals surface area contributed by atoms with Crippen LogP contribution in [-0.4, -0.2) is 32.5 Å². The molecule has 0 aliphatic carbocycles. The van der Waals surface area contributed by atoms with Crippen molar-refractivity contribution >= 4 is 23.4 Å². The number of H-pyrrole nitrogens is 1. The number of benzene rings is 1.